The molecule has 6 heteroatoms. The summed E-state index contributed by atoms with van der Waals surface area (Å²) in [5.74, 6) is 0. The third kappa shape index (κ3) is 3.65. The number of likely N-dealkylation sites (N-methyl/N-ethyl adjacent to an activating group) is 1. The highest BCUT2D eigenvalue weighted by Gasteiger charge is 2.13. The summed E-state index contributed by atoms with van der Waals surface area (Å²) >= 11 is 1.71. The molecule has 0 fully saturated rings. The van der Waals surface area contributed by atoms with Crippen molar-refractivity contribution in [3.05, 3.63) is 33.5 Å². The van der Waals surface area contributed by atoms with E-state index in [9.17, 15) is 0 Å². The van der Waals surface area contributed by atoms with Crippen LogP contribution in [0.1, 0.15) is 22.0 Å². The van der Waals surface area contributed by atoms with E-state index in [1.807, 2.05) is 23.2 Å². The highest BCUT2D eigenvalue weighted by Crippen LogP contribution is 2.15. The first-order valence-corrected chi connectivity index (χ1v) is 7.70. The van der Waals surface area contributed by atoms with Gasteiger partial charge in [-0.1, -0.05) is 0 Å². The van der Waals surface area contributed by atoms with Crippen molar-refractivity contribution in [2.24, 2.45) is 0 Å². The van der Waals surface area contributed by atoms with Crippen molar-refractivity contribution in [1.82, 2.24) is 19.7 Å². The molecular weight excluding hydrogens is 272 g/mol. The van der Waals surface area contributed by atoms with Gasteiger partial charge in [-0.2, -0.15) is 5.10 Å². The van der Waals surface area contributed by atoms with Crippen molar-refractivity contribution < 1.29 is 5.11 Å². The van der Waals surface area contributed by atoms with Crippen LogP contribution in [0.25, 0.3) is 0 Å². The molecule has 5 nitrogen and oxygen atoms in total. The minimum Gasteiger partial charge on any atom is -0.394 e. The Labute approximate surface area is 123 Å². The molecule has 0 bridgehead atoms. The van der Waals surface area contributed by atoms with E-state index >= 15 is 0 Å². The molecule has 0 saturated heterocycles. The molecule has 2 rings (SSSR count). The Bertz CT molecular complexity index is 536. The number of nitrogens with zero attached hydrogens (tertiary/aromatic N) is 4. The van der Waals surface area contributed by atoms with Gasteiger partial charge in [0.25, 0.3) is 0 Å². The highest BCUT2D eigenvalue weighted by atomic mass is 32.1. The van der Waals surface area contributed by atoms with Crippen LogP contribution in [0.5, 0.6) is 0 Å². The highest BCUT2D eigenvalue weighted by molar-refractivity contribution is 7.09. The summed E-state index contributed by atoms with van der Waals surface area (Å²) in [5.41, 5.74) is 3.47. The van der Waals surface area contributed by atoms with E-state index in [4.69, 9.17) is 5.11 Å². The van der Waals surface area contributed by atoms with E-state index in [0.717, 1.165) is 30.9 Å². The molecule has 0 saturated carbocycles. The Hall–Kier alpha value is -1.24. The maximum Gasteiger partial charge on any atom is 0.0937 e. The number of aliphatic hydroxyl groups is 1. The third-order valence-electron chi connectivity index (χ3n) is 3.46. The zero-order valence-electron chi connectivity index (χ0n) is 12.3. The lowest BCUT2D eigenvalue weighted by molar-refractivity contribution is 0.267. The van der Waals surface area contributed by atoms with Crippen molar-refractivity contribution in [2.75, 3.05) is 20.2 Å². The molecule has 0 aliphatic rings. The van der Waals surface area contributed by atoms with Crippen molar-refractivity contribution in [3.8, 4) is 0 Å². The normalized spacial score (nSPS) is 11.4. The number of hydrogen-bond acceptors (Lipinski definition) is 5. The van der Waals surface area contributed by atoms with Crippen LogP contribution in [0.4, 0.5) is 0 Å². The molecular formula is C14H22N4OS. The van der Waals surface area contributed by atoms with Gasteiger partial charge in [-0.05, 0) is 20.9 Å². The molecule has 0 aromatic carbocycles. The molecule has 2 aromatic rings. The summed E-state index contributed by atoms with van der Waals surface area (Å²) in [5, 5.41) is 16.7. The molecule has 20 heavy (non-hydrogen) atoms. The number of aliphatic hydroxyl groups excluding tert-OH is 1. The van der Waals surface area contributed by atoms with Crippen molar-refractivity contribution >= 4 is 11.3 Å². The number of rotatable bonds is 7. The lowest BCUT2D eigenvalue weighted by Gasteiger charge is -2.16. The molecule has 2 aromatic heterocycles. The lowest BCUT2D eigenvalue weighted by atomic mass is 10.2. The average molecular weight is 294 g/mol. The maximum atomic E-state index is 9.04. The molecule has 1 N–H and O–H groups in total. The molecule has 0 atom stereocenters. The van der Waals surface area contributed by atoms with Gasteiger partial charge in [0, 0.05) is 42.3 Å². The summed E-state index contributed by atoms with van der Waals surface area (Å²) < 4.78 is 1.89. The monoisotopic (exact) mass is 294 g/mol. The number of aryl methyl sites for hydroxylation is 1. The molecule has 0 aliphatic heterocycles. The Morgan fingerprint density at radius 1 is 1.40 bits per heavy atom. The lowest BCUT2D eigenvalue weighted by Crippen LogP contribution is -2.21. The van der Waals surface area contributed by atoms with Crippen LogP contribution >= 0.6 is 11.3 Å². The van der Waals surface area contributed by atoms with Gasteiger partial charge in [-0.25, -0.2) is 4.98 Å². The van der Waals surface area contributed by atoms with Crippen LogP contribution in [-0.4, -0.2) is 45.0 Å². The largest absolute Gasteiger partial charge is 0.394 e. The van der Waals surface area contributed by atoms with Gasteiger partial charge in [-0.3, -0.25) is 4.68 Å². The molecule has 0 radical (unpaired) electrons. The first kappa shape index (κ1) is 15.2. The summed E-state index contributed by atoms with van der Waals surface area (Å²) in [6.07, 6.45) is 2.84. The molecule has 2 heterocycles. The first-order valence-electron chi connectivity index (χ1n) is 6.82. The van der Waals surface area contributed by atoms with Gasteiger partial charge in [0.05, 0.1) is 23.9 Å². The van der Waals surface area contributed by atoms with Crippen LogP contribution in [-0.2, 0) is 19.5 Å². The van der Waals surface area contributed by atoms with Crippen molar-refractivity contribution in [2.45, 2.75) is 33.4 Å². The molecule has 0 spiro atoms. The van der Waals surface area contributed by atoms with Crippen LogP contribution < -0.4 is 0 Å². The van der Waals surface area contributed by atoms with Gasteiger partial charge < -0.3 is 10.0 Å². The Kier molecular flexibility index (Phi) is 5.28. The second-order valence-corrected chi connectivity index (χ2v) is 5.99. The van der Waals surface area contributed by atoms with Crippen LogP contribution in [0, 0.1) is 13.8 Å². The topological polar surface area (TPSA) is 54.2 Å². The van der Waals surface area contributed by atoms with E-state index in [2.05, 4.69) is 29.0 Å². The fourth-order valence-electron chi connectivity index (χ4n) is 2.29. The molecule has 0 unspecified atom stereocenters. The number of hydrogen-bond donors (Lipinski definition) is 1. The van der Waals surface area contributed by atoms with Crippen molar-refractivity contribution in [1.29, 1.82) is 0 Å². The average Bonchev–Trinajstić information content (AvgIpc) is 3.01. The van der Waals surface area contributed by atoms with Crippen LogP contribution in [0.15, 0.2) is 11.6 Å². The standard InChI is InChI=1S/C14H22N4OS/c1-11-13(12(2)18(16-11)7-8-19)10-17(3)6-4-14-15-5-9-20-14/h5,9,19H,4,6-8,10H2,1-3H3. The van der Waals surface area contributed by atoms with Gasteiger partial charge in [-0.15, -0.1) is 11.3 Å². The third-order valence-corrected chi connectivity index (χ3v) is 4.30. The van der Waals surface area contributed by atoms with Crippen LogP contribution in [0.2, 0.25) is 0 Å². The SMILES string of the molecule is Cc1nn(CCO)c(C)c1CN(C)CCc1nccs1. The predicted molar refractivity (Wildman–Crippen MR) is 80.9 cm³/mol. The Morgan fingerprint density at radius 3 is 2.85 bits per heavy atom. The quantitative estimate of drug-likeness (QED) is 0.843. The zero-order valence-corrected chi connectivity index (χ0v) is 13.2. The van der Waals surface area contributed by atoms with Gasteiger partial charge in [0.2, 0.25) is 0 Å². The summed E-state index contributed by atoms with van der Waals surface area (Å²) in [7, 11) is 2.12. The van der Waals surface area contributed by atoms with E-state index in [1.54, 1.807) is 11.3 Å². The Balaban J connectivity index is 1.95. The zero-order chi connectivity index (χ0) is 14.5. The predicted octanol–water partition coefficient (Wildman–Crippen LogP) is 1.62. The number of aromatic nitrogens is 3. The van der Waals surface area contributed by atoms with E-state index in [1.165, 1.54) is 10.6 Å². The second kappa shape index (κ2) is 6.97. The number of thiazole rings is 1. The second-order valence-electron chi connectivity index (χ2n) is 5.01. The molecule has 0 amide bonds. The maximum absolute atomic E-state index is 9.04. The minimum atomic E-state index is 0.126. The summed E-state index contributed by atoms with van der Waals surface area (Å²) in [4.78, 5) is 6.60. The summed E-state index contributed by atoms with van der Waals surface area (Å²) in [6.45, 7) is 6.66. The Morgan fingerprint density at radius 2 is 2.20 bits per heavy atom. The van der Waals surface area contributed by atoms with Crippen LogP contribution in [0.3, 0.4) is 0 Å². The van der Waals surface area contributed by atoms with Crippen molar-refractivity contribution in [3.63, 3.8) is 0 Å². The fraction of sp³-hybridized carbons (Fsp3) is 0.571. The first-order chi connectivity index (χ1) is 9.61. The van der Waals surface area contributed by atoms with Gasteiger partial charge in [0.15, 0.2) is 0 Å². The van der Waals surface area contributed by atoms with E-state index in [-0.39, 0.29) is 6.61 Å². The van der Waals surface area contributed by atoms with Gasteiger partial charge in [0.1, 0.15) is 0 Å². The molecule has 0 aliphatic carbocycles. The fourth-order valence-corrected chi connectivity index (χ4v) is 2.90. The van der Waals surface area contributed by atoms with E-state index in [0.29, 0.717) is 6.54 Å². The smallest absolute Gasteiger partial charge is 0.0937 e. The minimum absolute atomic E-state index is 0.126. The van der Waals surface area contributed by atoms with Gasteiger partial charge >= 0.3 is 0 Å². The molecule has 110 valence electrons. The summed E-state index contributed by atoms with van der Waals surface area (Å²) in [6, 6.07) is 0. The van der Waals surface area contributed by atoms with E-state index < -0.39 is 0 Å².